The highest BCUT2D eigenvalue weighted by Gasteiger charge is 2.15. The van der Waals surface area contributed by atoms with Crippen molar-refractivity contribution in [3.05, 3.63) is 20.3 Å². The molecule has 0 fully saturated rings. The van der Waals surface area contributed by atoms with Crippen LogP contribution < -0.4 is 0 Å². The third-order valence-electron chi connectivity index (χ3n) is 1.74. The average molecular weight is 279 g/mol. The minimum absolute atomic E-state index is 0.208. The Morgan fingerprint density at radius 1 is 1.36 bits per heavy atom. The van der Waals surface area contributed by atoms with Crippen LogP contribution in [-0.4, -0.2) is 13.2 Å². The van der Waals surface area contributed by atoms with Gasteiger partial charge in [-0.05, 0) is 48.3 Å². The number of thiophene rings is 1. The number of aryl methyl sites for hydroxylation is 1. The summed E-state index contributed by atoms with van der Waals surface area (Å²) in [5.41, 5.74) is 1.23. The minimum atomic E-state index is -0.208. The van der Waals surface area contributed by atoms with E-state index in [1.54, 1.807) is 11.3 Å². The molecule has 2 nitrogen and oxygen atoms in total. The van der Waals surface area contributed by atoms with Crippen LogP contribution in [0.3, 0.4) is 0 Å². The van der Waals surface area contributed by atoms with Crippen LogP contribution in [0.4, 0.5) is 0 Å². The largest absolute Gasteiger partial charge is 0.348 e. The number of halogens is 1. The highest BCUT2D eigenvalue weighted by molar-refractivity contribution is 9.11. The molecule has 0 aromatic carbocycles. The maximum Gasteiger partial charge on any atom is 0.193 e. The van der Waals surface area contributed by atoms with Crippen molar-refractivity contribution < 1.29 is 9.47 Å². The fourth-order valence-electron chi connectivity index (χ4n) is 1.11. The molecule has 0 saturated carbocycles. The van der Waals surface area contributed by atoms with Crippen LogP contribution in [0.5, 0.6) is 0 Å². The SMILES string of the molecule is CCOC(OCC)c1cc(C)c(Br)s1. The van der Waals surface area contributed by atoms with E-state index in [1.165, 1.54) is 5.56 Å². The van der Waals surface area contributed by atoms with Gasteiger partial charge in [0.15, 0.2) is 6.29 Å². The van der Waals surface area contributed by atoms with Crippen LogP contribution in [-0.2, 0) is 9.47 Å². The summed E-state index contributed by atoms with van der Waals surface area (Å²) in [6.45, 7) is 7.35. The van der Waals surface area contributed by atoms with Crippen molar-refractivity contribution in [3.8, 4) is 0 Å². The maximum absolute atomic E-state index is 5.50. The molecule has 14 heavy (non-hydrogen) atoms. The molecule has 0 bridgehead atoms. The van der Waals surface area contributed by atoms with Gasteiger partial charge in [0.1, 0.15) is 0 Å². The Bertz CT molecular complexity index is 260. The van der Waals surface area contributed by atoms with E-state index >= 15 is 0 Å². The molecule has 0 saturated heterocycles. The summed E-state index contributed by atoms with van der Waals surface area (Å²) in [5.74, 6) is 0. The molecule has 0 amide bonds. The van der Waals surface area contributed by atoms with Gasteiger partial charge in [-0.3, -0.25) is 0 Å². The van der Waals surface area contributed by atoms with Gasteiger partial charge in [0.2, 0.25) is 0 Å². The zero-order valence-electron chi connectivity index (χ0n) is 8.67. The second-order valence-electron chi connectivity index (χ2n) is 2.85. The third kappa shape index (κ3) is 3.05. The molecule has 0 unspecified atom stereocenters. The van der Waals surface area contributed by atoms with E-state index in [0.29, 0.717) is 13.2 Å². The number of hydrogen-bond acceptors (Lipinski definition) is 3. The topological polar surface area (TPSA) is 18.5 Å². The van der Waals surface area contributed by atoms with Crippen LogP contribution in [0.25, 0.3) is 0 Å². The molecule has 0 aliphatic carbocycles. The van der Waals surface area contributed by atoms with E-state index in [1.807, 2.05) is 13.8 Å². The van der Waals surface area contributed by atoms with Gasteiger partial charge in [-0.1, -0.05) is 0 Å². The summed E-state index contributed by atoms with van der Waals surface area (Å²) < 4.78 is 12.2. The predicted molar refractivity (Wildman–Crippen MR) is 62.7 cm³/mol. The highest BCUT2D eigenvalue weighted by atomic mass is 79.9. The fourth-order valence-corrected chi connectivity index (χ4v) is 2.68. The number of rotatable bonds is 5. The van der Waals surface area contributed by atoms with Gasteiger partial charge in [-0.15, -0.1) is 11.3 Å². The van der Waals surface area contributed by atoms with Crippen LogP contribution in [0, 0.1) is 6.92 Å². The minimum Gasteiger partial charge on any atom is -0.348 e. The molecule has 1 aromatic rings. The lowest BCUT2D eigenvalue weighted by Gasteiger charge is -2.14. The van der Waals surface area contributed by atoms with Crippen molar-refractivity contribution in [1.29, 1.82) is 0 Å². The predicted octanol–water partition coefficient (Wildman–Crippen LogP) is 3.89. The van der Waals surface area contributed by atoms with Crippen molar-refractivity contribution in [3.63, 3.8) is 0 Å². The zero-order valence-corrected chi connectivity index (χ0v) is 11.1. The first-order valence-corrected chi connectivity index (χ1v) is 6.29. The summed E-state index contributed by atoms with van der Waals surface area (Å²) in [4.78, 5) is 1.12. The Labute approximate surface area is 97.4 Å². The Hall–Kier alpha value is 0.1000. The summed E-state index contributed by atoms with van der Waals surface area (Å²) >= 11 is 5.16. The van der Waals surface area contributed by atoms with Crippen LogP contribution in [0.15, 0.2) is 9.85 Å². The molecule has 4 heteroatoms. The van der Waals surface area contributed by atoms with Gasteiger partial charge in [0.05, 0.1) is 8.66 Å². The van der Waals surface area contributed by atoms with Crippen molar-refractivity contribution in [2.24, 2.45) is 0 Å². The van der Waals surface area contributed by atoms with Crippen molar-refractivity contribution in [1.82, 2.24) is 0 Å². The Morgan fingerprint density at radius 3 is 2.29 bits per heavy atom. The van der Waals surface area contributed by atoms with Crippen LogP contribution >= 0.6 is 27.3 Å². The van der Waals surface area contributed by atoms with Crippen molar-refractivity contribution >= 4 is 27.3 Å². The molecule has 80 valence electrons. The molecule has 0 N–H and O–H groups in total. The summed E-state index contributed by atoms with van der Waals surface area (Å²) in [7, 11) is 0. The maximum atomic E-state index is 5.50. The Balaban J connectivity index is 2.76. The van der Waals surface area contributed by atoms with Gasteiger partial charge in [-0.25, -0.2) is 0 Å². The smallest absolute Gasteiger partial charge is 0.193 e. The van der Waals surface area contributed by atoms with E-state index in [0.717, 1.165) is 8.66 Å². The molecular formula is C10H15BrO2S. The van der Waals surface area contributed by atoms with E-state index in [9.17, 15) is 0 Å². The summed E-state index contributed by atoms with van der Waals surface area (Å²) in [6.07, 6.45) is -0.208. The van der Waals surface area contributed by atoms with Gasteiger partial charge in [0.25, 0.3) is 0 Å². The van der Waals surface area contributed by atoms with Gasteiger partial charge < -0.3 is 9.47 Å². The quantitative estimate of drug-likeness (QED) is 0.761. The van der Waals surface area contributed by atoms with Gasteiger partial charge in [0, 0.05) is 13.2 Å². The zero-order chi connectivity index (χ0) is 10.6. The fraction of sp³-hybridized carbons (Fsp3) is 0.600. The monoisotopic (exact) mass is 278 g/mol. The number of hydrogen-bond donors (Lipinski definition) is 0. The lowest BCUT2D eigenvalue weighted by atomic mass is 10.3. The first-order chi connectivity index (χ1) is 6.69. The Morgan fingerprint density at radius 2 is 1.93 bits per heavy atom. The first kappa shape index (κ1) is 12.2. The Kier molecular flexibility index (Phi) is 5.09. The van der Waals surface area contributed by atoms with E-state index < -0.39 is 0 Å². The van der Waals surface area contributed by atoms with E-state index in [-0.39, 0.29) is 6.29 Å². The molecule has 0 aliphatic rings. The lowest BCUT2D eigenvalue weighted by Crippen LogP contribution is -2.06. The van der Waals surface area contributed by atoms with Crippen molar-refractivity contribution in [2.45, 2.75) is 27.1 Å². The van der Waals surface area contributed by atoms with E-state index in [2.05, 4.69) is 28.9 Å². The molecular weight excluding hydrogens is 264 g/mol. The van der Waals surface area contributed by atoms with Crippen molar-refractivity contribution in [2.75, 3.05) is 13.2 Å². The average Bonchev–Trinajstić information content (AvgIpc) is 2.47. The summed E-state index contributed by atoms with van der Waals surface area (Å²) in [5, 5.41) is 0. The first-order valence-electron chi connectivity index (χ1n) is 4.68. The van der Waals surface area contributed by atoms with Gasteiger partial charge in [-0.2, -0.15) is 0 Å². The molecule has 0 atom stereocenters. The number of ether oxygens (including phenoxy) is 2. The van der Waals surface area contributed by atoms with Crippen LogP contribution in [0.2, 0.25) is 0 Å². The molecule has 1 aromatic heterocycles. The molecule has 0 radical (unpaired) electrons. The van der Waals surface area contributed by atoms with Gasteiger partial charge >= 0.3 is 0 Å². The van der Waals surface area contributed by atoms with E-state index in [4.69, 9.17) is 9.47 Å². The second kappa shape index (κ2) is 5.85. The standard InChI is InChI=1S/C10H15BrO2S/c1-4-12-10(13-5-2)8-6-7(3)9(11)14-8/h6,10H,4-5H2,1-3H3. The molecule has 0 aliphatic heterocycles. The van der Waals surface area contributed by atoms with Crippen LogP contribution in [0.1, 0.15) is 30.6 Å². The lowest BCUT2D eigenvalue weighted by molar-refractivity contribution is -0.138. The third-order valence-corrected chi connectivity index (χ3v) is 3.90. The molecule has 1 heterocycles. The normalized spacial score (nSPS) is 11.2. The molecule has 0 spiro atoms. The second-order valence-corrected chi connectivity index (χ2v) is 5.25. The highest BCUT2D eigenvalue weighted by Crippen LogP contribution is 2.33. The molecule has 1 rings (SSSR count). The summed E-state index contributed by atoms with van der Waals surface area (Å²) in [6, 6.07) is 2.10.